The van der Waals surface area contributed by atoms with Gasteiger partial charge in [-0.25, -0.2) is 0 Å². The van der Waals surface area contributed by atoms with Gasteiger partial charge < -0.3 is 4.74 Å². The van der Waals surface area contributed by atoms with Crippen LogP contribution < -0.4 is 4.74 Å². The summed E-state index contributed by atoms with van der Waals surface area (Å²) in [7, 11) is 0. The number of hydrogen-bond acceptors (Lipinski definition) is 1. The van der Waals surface area contributed by atoms with Gasteiger partial charge in [0.05, 0.1) is 15.1 Å². The molecule has 0 atom stereocenters. The Balaban J connectivity index is 2.50. The minimum absolute atomic E-state index is 0.0231. The van der Waals surface area contributed by atoms with Crippen molar-refractivity contribution in [2.24, 2.45) is 0 Å². The minimum atomic E-state index is -2.95. The second kappa shape index (κ2) is 6.35. The quantitative estimate of drug-likeness (QED) is 0.564. The van der Waals surface area contributed by atoms with Crippen LogP contribution in [0.2, 0.25) is 20.1 Å². The predicted molar refractivity (Wildman–Crippen MR) is 78.6 cm³/mol. The van der Waals surface area contributed by atoms with Crippen LogP contribution in [0.15, 0.2) is 30.3 Å². The second-order valence-corrected chi connectivity index (χ2v) is 5.34. The standard InChI is InChI=1S/C13H6Cl4F2O/c14-7-2-3-8(15)12(17)11(7)6-1-4-10(9(16)5-6)20-13(18)19/h1-5,13H. The summed E-state index contributed by atoms with van der Waals surface area (Å²) in [6, 6.07) is 7.42. The summed E-state index contributed by atoms with van der Waals surface area (Å²) in [5.41, 5.74) is 1.03. The Labute approximate surface area is 134 Å². The highest BCUT2D eigenvalue weighted by molar-refractivity contribution is 6.46. The summed E-state index contributed by atoms with van der Waals surface area (Å²) in [5.74, 6) is -0.125. The van der Waals surface area contributed by atoms with Gasteiger partial charge in [-0.1, -0.05) is 52.5 Å². The maximum atomic E-state index is 12.2. The summed E-state index contributed by atoms with van der Waals surface area (Å²) in [5, 5.41) is 0.987. The van der Waals surface area contributed by atoms with Crippen LogP contribution >= 0.6 is 46.4 Å². The Morgan fingerprint density at radius 3 is 2.10 bits per heavy atom. The van der Waals surface area contributed by atoms with Gasteiger partial charge in [-0.2, -0.15) is 8.78 Å². The fourth-order valence-corrected chi connectivity index (χ4v) is 2.61. The van der Waals surface area contributed by atoms with E-state index in [-0.39, 0.29) is 15.8 Å². The number of ether oxygens (including phenoxy) is 1. The van der Waals surface area contributed by atoms with E-state index in [0.717, 1.165) is 0 Å². The van der Waals surface area contributed by atoms with Gasteiger partial charge in [0.15, 0.2) is 0 Å². The summed E-state index contributed by atoms with van der Waals surface area (Å²) in [6.07, 6.45) is 0. The summed E-state index contributed by atoms with van der Waals surface area (Å²) in [6.45, 7) is -2.95. The first-order valence-electron chi connectivity index (χ1n) is 5.28. The Kier molecular flexibility index (Phi) is 4.97. The highest BCUT2D eigenvalue weighted by atomic mass is 35.5. The molecule has 2 aromatic rings. The molecule has 7 heteroatoms. The average Bonchev–Trinajstić information content (AvgIpc) is 2.37. The third-order valence-corrected chi connectivity index (χ3v) is 3.90. The van der Waals surface area contributed by atoms with Crippen LogP contribution in [0.4, 0.5) is 8.78 Å². The molecule has 0 aliphatic carbocycles. The highest BCUT2D eigenvalue weighted by Crippen LogP contribution is 2.41. The number of halogens is 6. The number of rotatable bonds is 3. The zero-order valence-corrected chi connectivity index (χ0v) is 12.7. The van der Waals surface area contributed by atoms with Crippen molar-refractivity contribution in [2.75, 3.05) is 0 Å². The fourth-order valence-electron chi connectivity index (χ4n) is 1.64. The lowest BCUT2D eigenvalue weighted by molar-refractivity contribution is -0.0497. The Bertz CT molecular complexity index is 647. The fraction of sp³-hybridized carbons (Fsp3) is 0.0769. The smallest absolute Gasteiger partial charge is 0.387 e. The van der Waals surface area contributed by atoms with Crippen molar-refractivity contribution in [1.82, 2.24) is 0 Å². The van der Waals surface area contributed by atoms with Crippen molar-refractivity contribution < 1.29 is 13.5 Å². The Morgan fingerprint density at radius 2 is 1.50 bits per heavy atom. The van der Waals surface area contributed by atoms with E-state index in [1.165, 1.54) is 18.2 Å². The molecule has 0 saturated carbocycles. The van der Waals surface area contributed by atoms with Gasteiger partial charge in [-0.15, -0.1) is 0 Å². The zero-order valence-electron chi connectivity index (χ0n) is 9.64. The lowest BCUT2D eigenvalue weighted by Gasteiger charge is -2.11. The average molecular weight is 358 g/mol. The van der Waals surface area contributed by atoms with E-state index in [9.17, 15) is 8.78 Å². The van der Waals surface area contributed by atoms with Crippen molar-refractivity contribution in [3.05, 3.63) is 50.4 Å². The van der Waals surface area contributed by atoms with Gasteiger partial charge in [0.25, 0.3) is 0 Å². The van der Waals surface area contributed by atoms with E-state index in [2.05, 4.69) is 4.74 Å². The van der Waals surface area contributed by atoms with Crippen LogP contribution in [0, 0.1) is 0 Å². The Hall–Kier alpha value is -0.740. The molecule has 106 valence electrons. The molecule has 0 amide bonds. The molecule has 0 saturated heterocycles. The van der Waals surface area contributed by atoms with Crippen LogP contribution in [0.1, 0.15) is 0 Å². The molecule has 2 rings (SSSR count). The topological polar surface area (TPSA) is 9.23 Å². The van der Waals surface area contributed by atoms with Gasteiger partial charge in [-0.3, -0.25) is 0 Å². The monoisotopic (exact) mass is 356 g/mol. The molecule has 0 aromatic heterocycles. The van der Waals surface area contributed by atoms with Crippen LogP contribution in [0.25, 0.3) is 11.1 Å². The number of alkyl halides is 2. The van der Waals surface area contributed by atoms with E-state index < -0.39 is 6.61 Å². The van der Waals surface area contributed by atoms with Gasteiger partial charge >= 0.3 is 6.61 Å². The molecule has 0 fully saturated rings. The van der Waals surface area contributed by atoms with Crippen LogP contribution in [0.5, 0.6) is 5.75 Å². The molecule has 0 aliphatic heterocycles. The first kappa shape index (κ1) is 15.6. The molecule has 2 aromatic carbocycles. The van der Waals surface area contributed by atoms with Gasteiger partial charge in [0.1, 0.15) is 5.75 Å². The van der Waals surface area contributed by atoms with E-state index in [4.69, 9.17) is 46.4 Å². The van der Waals surface area contributed by atoms with E-state index in [1.807, 2.05) is 0 Å². The lowest BCUT2D eigenvalue weighted by Crippen LogP contribution is -2.02. The highest BCUT2D eigenvalue weighted by Gasteiger charge is 2.15. The molecule has 20 heavy (non-hydrogen) atoms. The van der Waals surface area contributed by atoms with Crippen LogP contribution in [-0.2, 0) is 0 Å². The molecule has 0 N–H and O–H groups in total. The molecule has 1 nitrogen and oxygen atoms in total. The van der Waals surface area contributed by atoms with E-state index in [0.29, 0.717) is 21.2 Å². The molecular weight excluding hydrogens is 352 g/mol. The molecular formula is C13H6Cl4F2O. The van der Waals surface area contributed by atoms with Crippen molar-refractivity contribution in [3.8, 4) is 16.9 Å². The molecule has 0 bridgehead atoms. The van der Waals surface area contributed by atoms with Gasteiger partial charge in [0, 0.05) is 10.6 Å². The largest absolute Gasteiger partial charge is 0.433 e. The third-order valence-electron chi connectivity index (χ3n) is 2.48. The minimum Gasteiger partial charge on any atom is -0.433 e. The predicted octanol–water partition coefficient (Wildman–Crippen LogP) is 6.57. The molecule has 0 unspecified atom stereocenters. The van der Waals surface area contributed by atoms with Crippen molar-refractivity contribution >= 4 is 46.4 Å². The molecule has 0 heterocycles. The van der Waals surface area contributed by atoms with Gasteiger partial charge in [0.2, 0.25) is 0 Å². The first-order valence-corrected chi connectivity index (χ1v) is 6.79. The van der Waals surface area contributed by atoms with E-state index >= 15 is 0 Å². The number of benzene rings is 2. The summed E-state index contributed by atoms with van der Waals surface area (Å²) >= 11 is 24.0. The third kappa shape index (κ3) is 3.29. The molecule has 0 spiro atoms. The van der Waals surface area contributed by atoms with E-state index in [1.54, 1.807) is 12.1 Å². The van der Waals surface area contributed by atoms with Gasteiger partial charge in [-0.05, 0) is 29.8 Å². The normalized spacial score (nSPS) is 10.9. The van der Waals surface area contributed by atoms with Crippen molar-refractivity contribution in [2.45, 2.75) is 6.61 Å². The lowest BCUT2D eigenvalue weighted by atomic mass is 10.1. The van der Waals surface area contributed by atoms with Crippen LogP contribution in [0.3, 0.4) is 0 Å². The zero-order chi connectivity index (χ0) is 14.9. The summed E-state index contributed by atoms with van der Waals surface area (Å²) < 4.78 is 28.6. The SMILES string of the molecule is FC(F)Oc1ccc(-c2c(Cl)ccc(Cl)c2Cl)cc1Cl. The second-order valence-electron chi connectivity index (χ2n) is 3.74. The molecule has 0 radical (unpaired) electrons. The van der Waals surface area contributed by atoms with Crippen LogP contribution in [-0.4, -0.2) is 6.61 Å². The van der Waals surface area contributed by atoms with Crippen molar-refractivity contribution in [3.63, 3.8) is 0 Å². The summed E-state index contributed by atoms with van der Waals surface area (Å²) in [4.78, 5) is 0. The first-order chi connectivity index (χ1) is 9.40. The number of hydrogen-bond donors (Lipinski definition) is 0. The molecule has 0 aliphatic rings. The van der Waals surface area contributed by atoms with Crippen molar-refractivity contribution in [1.29, 1.82) is 0 Å². The Morgan fingerprint density at radius 1 is 0.850 bits per heavy atom. The maximum absolute atomic E-state index is 12.2. The maximum Gasteiger partial charge on any atom is 0.387 e.